The Balaban J connectivity index is 2.23. The van der Waals surface area contributed by atoms with E-state index in [0.29, 0.717) is 6.54 Å². The normalized spacial score (nSPS) is 17.9. The first-order valence-corrected chi connectivity index (χ1v) is 5.61. The zero-order valence-electron chi connectivity index (χ0n) is 9.63. The SMILES string of the molecule is CCN(C(=O)CNCC(O)C(F)(F)F)C1CC1. The molecule has 0 aliphatic heterocycles. The monoisotopic (exact) mass is 254 g/mol. The summed E-state index contributed by atoms with van der Waals surface area (Å²) < 4.78 is 35.9. The van der Waals surface area contributed by atoms with Gasteiger partial charge in [-0.1, -0.05) is 0 Å². The molecule has 1 amide bonds. The molecule has 17 heavy (non-hydrogen) atoms. The molecule has 0 spiro atoms. The highest BCUT2D eigenvalue weighted by Crippen LogP contribution is 2.26. The fourth-order valence-corrected chi connectivity index (χ4v) is 1.56. The Morgan fingerprint density at radius 2 is 2.12 bits per heavy atom. The number of amides is 1. The summed E-state index contributed by atoms with van der Waals surface area (Å²) in [6.07, 6.45) is -5.14. The minimum Gasteiger partial charge on any atom is -0.382 e. The minimum atomic E-state index is -4.64. The maximum atomic E-state index is 12.0. The summed E-state index contributed by atoms with van der Waals surface area (Å²) in [5.74, 6) is -0.218. The summed E-state index contributed by atoms with van der Waals surface area (Å²) >= 11 is 0. The van der Waals surface area contributed by atoms with Crippen LogP contribution in [0.3, 0.4) is 0 Å². The highest BCUT2D eigenvalue weighted by molar-refractivity contribution is 5.78. The van der Waals surface area contributed by atoms with Gasteiger partial charge in [0.05, 0.1) is 6.54 Å². The molecule has 1 atom stereocenters. The molecule has 0 aromatic rings. The van der Waals surface area contributed by atoms with E-state index >= 15 is 0 Å². The minimum absolute atomic E-state index is 0.169. The van der Waals surface area contributed by atoms with E-state index in [1.165, 1.54) is 0 Å². The van der Waals surface area contributed by atoms with E-state index < -0.39 is 18.8 Å². The lowest BCUT2D eigenvalue weighted by Gasteiger charge is -2.21. The Kier molecular flexibility index (Phi) is 4.76. The number of halogens is 3. The summed E-state index contributed by atoms with van der Waals surface area (Å²) in [6, 6.07) is 0.252. The number of likely N-dealkylation sites (N-methyl/N-ethyl adjacent to an activating group) is 1. The number of nitrogens with zero attached hydrogens (tertiary/aromatic N) is 1. The van der Waals surface area contributed by atoms with Gasteiger partial charge in [-0.05, 0) is 19.8 Å². The van der Waals surface area contributed by atoms with Gasteiger partial charge in [0.1, 0.15) is 0 Å². The summed E-state index contributed by atoms with van der Waals surface area (Å²) in [5, 5.41) is 11.0. The van der Waals surface area contributed by atoms with Gasteiger partial charge in [-0.15, -0.1) is 0 Å². The van der Waals surface area contributed by atoms with Crippen molar-refractivity contribution in [3.63, 3.8) is 0 Å². The maximum absolute atomic E-state index is 12.0. The highest BCUT2D eigenvalue weighted by atomic mass is 19.4. The fraction of sp³-hybridized carbons (Fsp3) is 0.900. The Morgan fingerprint density at radius 1 is 1.53 bits per heavy atom. The third-order valence-corrected chi connectivity index (χ3v) is 2.64. The predicted molar refractivity (Wildman–Crippen MR) is 55.3 cm³/mol. The maximum Gasteiger partial charge on any atom is 0.415 e. The third kappa shape index (κ3) is 4.51. The second-order valence-corrected chi connectivity index (χ2v) is 4.10. The first-order valence-electron chi connectivity index (χ1n) is 5.61. The molecule has 0 radical (unpaired) electrons. The van der Waals surface area contributed by atoms with E-state index in [0.717, 1.165) is 12.8 Å². The molecule has 4 nitrogen and oxygen atoms in total. The molecule has 7 heteroatoms. The zero-order chi connectivity index (χ0) is 13.1. The second kappa shape index (κ2) is 5.68. The molecule has 1 aliphatic carbocycles. The van der Waals surface area contributed by atoms with Crippen molar-refractivity contribution in [2.45, 2.75) is 38.1 Å². The first-order chi connectivity index (χ1) is 7.86. The van der Waals surface area contributed by atoms with Crippen LogP contribution in [0.4, 0.5) is 13.2 Å². The van der Waals surface area contributed by atoms with Gasteiger partial charge in [-0.2, -0.15) is 13.2 Å². The number of carbonyl (C=O) groups excluding carboxylic acids is 1. The average molecular weight is 254 g/mol. The Bertz CT molecular complexity index is 267. The number of alkyl halides is 3. The molecular formula is C10H17F3N2O2. The molecule has 1 aliphatic rings. The summed E-state index contributed by atoms with van der Waals surface area (Å²) in [6.45, 7) is 1.57. The van der Waals surface area contributed by atoms with Gasteiger partial charge < -0.3 is 15.3 Å². The van der Waals surface area contributed by atoms with E-state index in [9.17, 15) is 18.0 Å². The Hall–Kier alpha value is -0.820. The Morgan fingerprint density at radius 3 is 2.53 bits per heavy atom. The Labute approximate surface area is 97.8 Å². The first kappa shape index (κ1) is 14.2. The molecule has 0 heterocycles. The lowest BCUT2D eigenvalue weighted by molar-refractivity contribution is -0.201. The van der Waals surface area contributed by atoms with Gasteiger partial charge >= 0.3 is 6.18 Å². The van der Waals surface area contributed by atoms with Gasteiger partial charge in [-0.3, -0.25) is 4.79 Å². The van der Waals surface area contributed by atoms with E-state index in [4.69, 9.17) is 5.11 Å². The molecule has 2 N–H and O–H groups in total. The summed E-state index contributed by atoms with van der Waals surface area (Å²) in [7, 11) is 0. The van der Waals surface area contributed by atoms with Gasteiger partial charge in [0.25, 0.3) is 0 Å². The van der Waals surface area contributed by atoms with Crippen molar-refractivity contribution in [1.82, 2.24) is 10.2 Å². The lowest BCUT2D eigenvalue weighted by Crippen LogP contribution is -2.44. The average Bonchev–Trinajstić information content (AvgIpc) is 3.01. The molecule has 0 aromatic carbocycles. The molecule has 1 rings (SSSR count). The van der Waals surface area contributed by atoms with Crippen molar-refractivity contribution in [1.29, 1.82) is 0 Å². The molecule has 0 bridgehead atoms. The quantitative estimate of drug-likeness (QED) is 0.726. The van der Waals surface area contributed by atoms with Gasteiger partial charge in [0.15, 0.2) is 6.10 Å². The van der Waals surface area contributed by atoms with Crippen LogP contribution in [0.1, 0.15) is 19.8 Å². The third-order valence-electron chi connectivity index (χ3n) is 2.64. The van der Waals surface area contributed by atoms with Crippen LogP contribution in [0.2, 0.25) is 0 Å². The summed E-state index contributed by atoms with van der Waals surface area (Å²) in [4.78, 5) is 13.2. The highest BCUT2D eigenvalue weighted by Gasteiger charge is 2.38. The van der Waals surface area contributed by atoms with E-state index in [1.54, 1.807) is 4.90 Å². The van der Waals surface area contributed by atoms with Crippen LogP contribution in [-0.2, 0) is 4.79 Å². The molecule has 1 unspecified atom stereocenters. The predicted octanol–water partition coefficient (Wildman–Crippen LogP) is 0.510. The second-order valence-electron chi connectivity index (χ2n) is 4.10. The van der Waals surface area contributed by atoms with Gasteiger partial charge in [0.2, 0.25) is 5.91 Å². The number of hydrogen-bond acceptors (Lipinski definition) is 3. The smallest absolute Gasteiger partial charge is 0.382 e. The number of rotatable bonds is 6. The molecule has 1 saturated carbocycles. The van der Waals surface area contributed by atoms with Crippen molar-refractivity contribution >= 4 is 5.91 Å². The van der Waals surface area contributed by atoms with E-state index in [1.807, 2.05) is 6.92 Å². The summed E-state index contributed by atoms with van der Waals surface area (Å²) in [5.41, 5.74) is 0. The standard InChI is InChI=1S/C10H17F3N2O2/c1-2-15(7-3-4-7)9(17)6-14-5-8(16)10(11,12)13/h7-8,14,16H,2-6H2,1H3. The molecule has 1 fully saturated rings. The van der Waals surface area contributed by atoms with Crippen LogP contribution in [0.15, 0.2) is 0 Å². The number of hydrogen-bond donors (Lipinski definition) is 2. The molecule has 0 saturated heterocycles. The van der Waals surface area contributed by atoms with E-state index in [-0.39, 0.29) is 18.5 Å². The van der Waals surface area contributed by atoms with Crippen molar-refractivity contribution in [2.75, 3.05) is 19.6 Å². The molecular weight excluding hydrogens is 237 g/mol. The van der Waals surface area contributed by atoms with Crippen LogP contribution >= 0.6 is 0 Å². The van der Waals surface area contributed by atoms with Crippen LogP contribution in [-0.4, -0.2) is 53.9 Å². The van der Waals surface area contributed by atoms with Crippen molar-refractivity contribution in [3.05, 3.63) is 0 Å². The van der Waals surface area contributed by atoms with Crippen molar-refractivity contribution in [2.24, 2.45) is 0 Å². The number of aliphatic hydroxyl groups excluding tert-OH is 1. The molecule has 0 aromatic heterocycles. The van der Waals surface area contributed by atoms with Crippen LogP contribution in [0.5, 0.6) is 0 Å². The van der Waals surface area contributed by atoms with Crippen molar-refractivity contribution in [3.8, 4) is 0 Å². The lowest BCUT2D eigenvalue weighted by atomic mass is 10.3. The number of nitrogens with one attached hydrogen (secondary N) is 1. The number of carbonyl (C=O) groups is 1. The van der Waals surface area contributed by atoms with Gasteiger partial charge in [-0.25, -0.2) is 0 Å². The zero-order valence-corrected chi connectivity index (χ0v) is 9.63. The number of aliphatic hydroxyl groups is 1. The van der Waals surface area contributed by atoms with E-state index in [2.05, 4.69) is 5.32 Å². The van der Waals surface area contributed by atoms with Crippen LogP contribution in [0, 0.1) is 0 Å². The van der Waals surface area contributed by atoms with Gasteiger partial charge in [0, 0.05) is 19.1 Å². The largest absolute Gasteiger partial charge is 0.415 e. The van der Waals surface area contributed by atoms with Crippen molar-refractivity contribution < 1.29 is 23.1 Å². The topological polar surface area (TPSA) is 52.6 Å². The van der Waals surface area contributed by atoms with Crippen LogP contribution in [0.25, 0.3) is 0 Å². The molecule has 100 valence electrons. The van der Waals surface area contributed by atoms with Crippen LogP contribution < -0.4 is 5.32 Å². The fourth-order valence-electron chi connectivity index (χ4n) is 1.56.